The molecule has 2 atom stereocenters. The van der Waals surface area contributed by atoms with Gasteiger partial charge in [0.1, 0.15) is 12.4 Å². The van der Waals surface area contributed by atoms with Gasteiger partial charge in [-0.1, -0.05) is 66.2 Å². The number of ether oxygens (including phenoxy) is 1. The summed E-state index contributed by atoms with van der Waals surface area (Å²) in [6.07, 6.45) is -0.692. The number of hydrogen-bond donors (Lipinski definition) is 1. The molecule has 0 saturated heterocycles. The molecule has 1 N–H and O–H groups in total. The van der Waals surface area contributed by atoms with Crippen LogP contribution in [0.25, 0.3) is 0 Å². The lowest BCUT2D eigenvalue weighted by Gasteiger charge is -2.19. The Morgan fingerprint density at radius 2 is 1.66 bits per heavy atom. The smallest absolute Gasteiger partial charge is 0.407 e. The monoisotopic (exact) mass is 411 g/mol. The fourth-order valence-electron chi connectivity index (χ4n) is 2.81. The van der Waals surface area contributed by atoms with Crippen molar-refractivity contribution in [1.29, 1.82) is 0 Å². The van der Waals surface area contributed by atoms with Gasteiger partial charge in [-0.25, -0.2) is 9.18 Å². The van der Waals surface area contributed by atoms with E-state index < -0.39 is 28.8 Å². The summed E-state index contributed by atoms with van der Waals surface area (Å²) in [6.45, 7) is 2.04. The molecule has 29 heavy (non-hydrogen) atoms. The zero-order valence-electron chi connectivity index (χ0n) is 16.0. The number of carbonyl (C=O) groups excluding carboxylic acids is 1. The summed E-state index contributed by atoms with van der Waals surface area (Å²) in [5.74, 6) is -0.438. The van der Waals surface area contributed by atoms with Crippen LogP contribution in [-0.4, -0.2) is 16.1 Å². The van der Waals surface area contributed by atoms with Gasteiger partial charge in [-0.05, 0) is 30.7 Å². The second kappa shape index (κ2) is 9.98. The lowest BCUT2D eigenvalue weighted by Crippen LogP contribution is -2.33. The highest BCUT2D eigenvalue weighted by molar-refractivity contribution is 7.85. The number of benzene rings is 3. The summed E-state index contributed by atoms with van der Waals surface area (Å²) in [5.41, 5.74) is 2.16. The SMILES string of the molecule is Cc1ccc(S(=O)C[C@@H](NC(=O)OCc2ccccc2)c2ccccc2F)cc1. The van der Waals surface area contributed by atoms with Crippen LogP contribution in [0, 0.1) is 12.7 Å². The van der Waals surface area contributed by atoms with E-state index in [4.69, 9.17) is 4.74 Å². The van der Waals surface area contributed by atoms with Crippen LogP contribution in [0.1, 0.15) is 22.7 Å². The largest absolute Gasteiger partial charge is 0.445 e. The number of alkyl carbamates (subject to hydrolysis) is 1. The van der Waals surface area contributed by atoms with Crippen molar-refractivity contribution >= 4 is 16.9 Å². The maximum absolute atomic E-state index is 14.4. The molecule has 0 aromatic heterocycles. The quantitative estimate of drug-likeness (QED) is 0.601. The number of nitrogens with one attached hydrogen (secondary N) is 1. The van der Waals surface area contributed by atoms with E-state index in [9.17, 15) is 13.4 Å². The molecular weight excluding hydrogens is 389 g/mol. The zero-order chi connectivity index (χ0) is 20.6. The summed E-state index contributed by atoms with van der Waals surface area (Å²) in [6, 6.07) is 21.9. The molecule has 3 aromatic carbocycles. The molecule has 4 nitrogen and oxygen atoms in total. The molecule has 3 rings (SSSR count). The zero-order valence-corrected chi connectivity index (χ0v) is 16.8. The van der Waals surface area contributed by atoms with E-state index in [-0.39, 0.29) is 17.9 Å². The predicted molar refractivity (Wildman–Crippen MR) is 111 cm³/mol. The summed E-state index contributed by atoms with van der Waals surface area (Å²) in [4.78, 5) is 12.9. The lowest BCUT2D eigenvalue weighted by molar-refractivity contribution is 0.136. The summed E-state index contributed by atoms with van der Waals surface area (Å²) in [7, 11) is -1.42. The van der Waals surface area contributed by atoms with Crippen LogP contribution in [0.2, 0.25) is 0 Å². The third kappa shape index (κ3) is 5.99. The fourth-order valence-corrected chi connectivity index (χ4v) is 4.01. The maximum Gasteiger partial charge on any atom is 0.407 e. The molecule has 1 unspecified atom stereocenters. The highest BCUT2D eigenvalue weighted by Gasteiger charge is 2.22. The van der Waals surface area contributed by atoms with Crippen molar-refractivity contribution in [1.82, 2.24) is 5.32 Å². The van der Waals surface area contributed by atoms with Crippen LogP contribution in [0.4, 0.5) is 9.18 Å². The average molecular weight is 411 g/mol. The first-order valence-corrected chi connectivity index (χ1v) is 10.5. The summed E-state index contributed by atoms with van der Waals surface area (Å²) in [5, 5.41) is 2.66. The third-order valence-corrected chi connectivity index (χ3v) is 5.82. The normalized spacial score (nSPS) is 12.8. The molecular formula is C23H22FNO3S. The first-order chi connectivity index (χ1) is 14.0. The van der Waals surface area contributed by atoms with Gasteiger partial charge in [0.05, 0.1) is 22.6 Å². The van der Waals surface area contributed by atoms with E-state index in [1.54, 1.807) is 30.3 Å². The Kier molecular flexibility index (Phi) is 7.14. The van der Waals surface area contributed by atoms with Crippen molar-refractivity contribution in [3.8, 4) is 0 Å². The number of rotatable bonds is 7. The van der Waals surface area contributed by atoms with Crippen molar-refractivity contribution < 1.29 is 18.1 Å². The van der Waals surface area contributed by atoms with Crippen molar-refractivity contribution in [3.63, 3.8) is 0 Å². The van der Waals surface area contributed by atoms with E-state index in [1.165, 1.54) is 6.07 Å². The molecule has 150 valence electrons. The van der Waals surface area contributed by atoms with Gasteiger partial charge >= 0.3 is 6.09 Å². The Morgan fingerprint density at radius 3 is 2.34 bits per heavy atom. The molecule has 0 fully saturated rings. The van der Waals surface area contributed by atoms with Crippen LogP contribution in [0.3, 0.4) is 0 Å². The number of carbonyl (C=O) groups is 1. The highest BCUT2D eigenvalue weighted by atomic mass is 32.2. The Labute approximate surface area is 172 Å². The van der Waals surface area contributed by atoms with Gasteiger partial charge in [-0.2, -0.15) is 0 Å². The lowest BCUT2D eigenvalue weighted by atomic mass is 10.1. The minimum absolute atomic E-state index is 0.0322. The van der Waals surface area contributed by atoms with Gasteiger partial charge in [-0.3, -0.25) is 4.21 Å². The third-order valence-electron chi connectivity index (χ3n) is 4.39. The minimum atomic E-state index is -1.42. The van der Waals surface area contributed by atoms with Gasteiger partial charge in [0, 0.05) is 10.5 Å². The second-order valence-corrected chi connectivity index (χ2v) is 8.10. The van der Waals surface area contributed by atoms with E-state index in [2.05, 4.69) is 5.32 Å². The van der Waals surface area contributed by atoms with Crippen LogP contribution in [0.5, 0.6) is 0 Å². The van der Waals surface area contributed by atoms with Gasteiger partial charge < -0.3 is 10.1 Å². The Balaban J connectivity index is 1.72. The first-order valence-electron chi connectivity index (χ1n) is 9.19. The van der Waals surface area contributed by atoms with Crippen LogP contribution >= 0.6 is 0 Å². The molecule has 3 aromatic rings. The fraction of sp³-hybridized carbons (Fsp3) is 0.174. The van der Waals surface area contributed by atoms with E-state index in [0.717, 1.165) is 11.1 Å². The number of aryl methyl sites for hydroxylation is 1. The molecule has 0 radical (unpaired) electrons. The minimum Gasteiger partial charge on any atom is -0.445 e. The standard InChI is InChI=1S/C23H22FNO3S/c1-17-11-13-19(14-12-17)29(27)16-22(20-9-5-6-10-21(20)24)25-23(26)28-15-18-7-3-2-4-8-18/h2-14,22H,15-16H2,1H3,(H,25,26)/t22-,29?/m1/s1. The summed E-state index contributed by atoms with van der Waals surface area (Å²) >= 11 is 0. The predicted octanol–water partition coefficient (Wildman–Crippen LogP) is 4.91. The molecule has 6 heteroatoms. The van der Waals surface area contributed by atoms with Gasteiger partial charge in [0.15, 0.2) is 0 Å². The van der Waals surface area contributed by atoms with Crippen molar-refractivity contribution in [2.24, 2.45) is 0 Å². The molecule has 1 amide bonds. The van der Waals surface area contributed by atoms with Gasteiger partial charge in [-0.15, -0.1) is 0 Å². The van der Waals surface area contributed by atoms with Gasteiger partial charge in [0.2, 0.25) is 0 Å². The van der Waals surface area contributed by atoms with E-state index in [0.29, 0.717) is 4.90 Å². The van der Waals surface area contributed by atoms with Gasteiger partial charge in [0.25, 0.3) is 0 Å². The molecule has 0 heterocycles. The van der Waals surface area contributed by atoms with Crippen LogP contribution < -0.4 is 5.32 Å². The molecule has 0 saturated carbocycles. The molecule has 0 spiro atoms. The van der Waals surface area contributed by atoms with Crippen molar-refractivity contribution in [3.05, 3.63) is 101 Å². The second-order valence-electron chi connectivity index (χ2n) is 6.61. The maximum atomic E-state index is 14.4. The molecule has 0 aliphatic heterocycles. The Bertz CT molecular complexity index is 977. The number of hydrogen-bond acceptors (Lipinski definition) is 3. The van der Waals surface area contributed by atoms with Crippen LogP contribution in [0.15, 0.2) is 83.8 Å². The highest BCUT2D eigenvalue weighted by Crippen LogP contribution is 2.21. The van der Waals surface area contributed by atoms with E-state index in [1.807, 2.05) is 49.4 Å². The number of halogens is 1. The topological polar surface area (TPSA) is 55.4 Å². The molecule has 0 aliphatic rings. The number of amides is 1. The first kappa shape index (κ1) is 20.7. The Hall–Kier alpha value is -2.99. The molecule has 0 aliphatic carbocycles. The average Bonchev–Trinajstić information content (AvgIpc) is 2.73. The van der Waals surface area contributed by atoms with Crippen molar-refractivity contribution in [2.75, 3.05) is 5.75 Å². The Morgan fingerprint density at radius 1 is 1.00 bits per heavy atom. The van der Waals surface area contributed by atoms with Crippen molar-refractivity contribution in [2.45, 2.75) is 24.5 Å². The molecule has 0 bridgehead atoms. The van der Waals surface area contributed by atoms with E-state index >= 15 is 0 Å². The summed E-state index contributed by atoms with van der Waals surface area (Å²) < 4.78 is 32.4. The van der Waals surface area contributed by atoms with Crippen LogP contribution in [-0.2, 0) is 22.1 Å².